The molecule has 0 bridgehead atoms. The molecule has 3 N–H and O–H groups in total. The van der Waals surface area contributed by atoms with Crippen molar-refractivity contribution in [1.82, 2.24) is 9.78 Å². The van der Waals surface area contributed by atoms with Crippen LogP contribution in [0.5, 0.6) is 0 Å². The summed E-state index contributed by atoms with van der Waals surface area (Å²) in [5.74, 6) is -0.180. The summed E-state index contributed by atoms with van der Waals surface area (Å²) < 4.78 is 1.65. The van der Waals surface area contributed by atoms with E-state index in [9.17, 15) is 4.79 Å². The molecule has 5 nitrogen and oxygen atoms in total. The minimum atomic E-state index is -0.180. The Bertz CT molecular complexity index is 616. The first-order valence-electron chi connectivity index (χ1n) is 6.21. The van der Waals surface area contributed by atoms with Crippen molar-refractivity contribution in [2.75, 3.05) is 11.1 Å². The lowest BCUT2D eigenvalue weighted by Crippen LogP contribution is -2.14. The van der Waals surface area contributed by atoms with Gasteiger partial charge in [0.05, 0.1) is 22.6 Å². The molecule has 1 amide bonds. The Balaban J connectivity index is 2.25. The molecule has 1 aromatic carbocycles. The van der Waals surface area contributed by atoms with Gasteiger partial charge in [0.2, 0.25) is 0 Å². The highest BCUT2D eigenvalue weighted by Gasteiger charge is 2.15. The summed E-state index contributed by atoms with van der Waals surface area (Å²) in [6.07, 6.45) is 2.44. The molecular formula is C14H18N4O. The largest absolute Gasteiger partial charge is 0.397 e. The Labute approximate surface area is 112 Å². The number of aryl methyl sites for hydroxylation is 3. The number of carbonyl (C=O) groups is 1. The van der Waals surface area contributed by atoms with Crippen LogP contribution >= 0.6 is 0 Å². The van der Waals surface area contributed by atoms with E-state index in [0.29, 0.717) is 23.4 Å². The molecule has 5 heteroatoms. The maximum absolute atomic E-state index is 12.2. The number of hydrogen-bond acceptors (Lipinski definition) is 3. The molecule has 1 aromatic heterocycles. The summed E-state index contributed by atoms with van der Waals surface area (Å²) in [6.45, 7) is 3.93. The Kier molecular flexibility index (Phi) is 3.55. The van der Waals surface area contributed by atoms with Crippen molar-refractivity contribution in [3.8, 4) is 0 Å². The van der Waals surface area contributed by atoms with Crippen molar-refractivity contribution in [3.63, 3.8) is 0 Å². The molecule has 0 unspecified atom stereocenters. The lowest BCUT2D eigenvalue weighted by atomic mass is 10.1. The number of nitrogen functional groups attached to an aromatic ring is 1. The molecule has 0 atom stereocenters. The molecular weight excluding hydrogens is 240 g/mol. The van der Waals surface area contributed by atoms with Crippen LogP contribution in [0.2, 0.25) is 0 Å². The van der Waals surface area contributed by atoms with Crippen molar-refractivity contribution in [3.05, 3.63) is 41.2 Å². The third-order valence-electron chi connectivity index (χ3n) is 2.94. The van der Waals surface area contributed by atoms with Crippen molar-refractivity contribution < 1.29 is 4.79 Å². The second kappa shape index (κ2) is 5.14. The van der Waals surface area contributed by atoms with Gasteiger partial charge >= 0.3 is 0 Å². The van der Waals surface area contributed by atoms with E-state index in [0.717, 1.165) is 11.3 Å². The second-order valence-electron chi connectivity index (χ2n) is 4.56. The average molecular weight is 258 g/mol. The molecule has 0 spiro atoms. The average Bonchev–Trinajstić information content (AvgIpc) is 2.74. The van der Waals surface area contributed by atoms with Gasteiger partial charge < -0.3 is 11.1 Å². The Hall–Kier alpha value is -2.30. The van der Waals surface area contributed by atoms with E-state index < -0.39 is 0 Å². The Morgan fingerprint density at radius 3 is 2.84 bits per heavy atom. The standard InChI is InChI=1S/C14H18N4O/c1-4-12-10(8-18(3)17-12)14(19)16-13-6-5-9(2)7-11(13)15/h5-8H,4,15H2,1-3H3,(H,16,19). The number of anilines is 2. The van der Waals surface area contributed by atoms with E-state index in [-0.39, 0.29) is 5.91 Å². The number of benzene rings is 1. The van der Waals surface area contributed by atoms with E-state index in [1.165, 1.54) is 0 Å². The minimum Gasteiger partial charge on any atom is -0.397 e. The number of nitrogens with zero attached hydrogens (tertiary/aromatic N) is 2. The normalized spacial score (nSPS) is 10.5. The lowest BCUT2D eigenvalue weighted by Gasteiger charge is -2.08. The summed E-state index contributed by atoms with van der Waals surface area (Å²) >= 11 is 0. The number of amides is 1. The van der Waals surface area contributed by atoms with E-state index in [1.807, 2.05) is 32.0 Å². The lowest BCUT2D eigenvalue weighted by molar-refractivity contribution is 0.102. The summed E-state index contributed by atoms with van der Waals surface area (Å²) in [5.41, 5.74) is 9.51. The molecule has 2 aromatic rings. The molecule has 0 aliphatic rings. The zero-order valence-electron chi connectivity index (χ0n) is 11.4. The van der Waals surface area contributed by atoms with Gasteiger partial charge in [-0.1, -0.05) is 13.0 Å². The highest BCUT2D eigenvalue weighted by Crippen LogP contribution is 2.20. The first kappa shape index (κ1) is 13.1. The van der Waals surface area contributed by atoms with E-state index >= 15 is 0 Å². The Morgan fingerprint density at radius 2 is 2.21 bits per heavy atom. The molecule has 0 fully saturated rings. The monoisotopic (exact) mass is 258 g/mol. The van der Waals surface area contributed by atoms with Crippen molar-refractivity contribution in [2.24, 2.45) is 7.05 Å². The molecule has 19 heavy (non-hydrogen) atoms. The van der Waals surface area contributed by atoms with E-state index in [2.05, 4.69) is 10.4 Å². The van der Waals surface area contributed by atoms with Gasteiger partial charge in [0, 0.05) is 13.2 Å². The summed E-state index contributed by atoms with van der Waals surface area (Å²) in [7, 11) is 1.80. The van der Waals surface area contributed by atoms with Gasteiger partial charge in [-0.3, -0.25) is 9.48 Å². The van der Waals surface area contributed by atoms with Gasteiger partial charge in [-0.05, 0) is 31.0 Å². The van der Waals surface area contributed by atoms with Gasteiger partial charge in [-0.2, -0.15) is 5.10 Å². The van der Waals surface area contributed by atoms with Crippen molar-refractivity contribution in [2.45, 2.75) is 20.3 Å². The highest BCUT2D eigenvalue weighted by molar-refractivity contribution is 6.06. The van der Waals surface area contributed by atoms with Gasteiger partial charge in [-0.15, -0.1) is 0 Å². The molecule has 0 aliphatic heterocycles. The quantitative estimate of drug-likeness (QED) is 0.828. The number of nitrogens with one attached hydrogen (secondary N) is 1. The zero-order chi connectivity index (χ0) is 14.0. The van der Waals surface area contributed by atoms with Crippen LogP contribution in [0, 0.1) is 6.92 Å². The highest BCUT2D eigenvalue weighted by atomic mass is 16.1. The Morgan fingerprint density at radius 1 is 1.47 bits per heavy atom. The van der Waals surface area contributed by atoms with Crippen LogP contribution in [0.25, 0.3) is 0 Å². The topological polar surface area (TPSA) is 72.9 Å². The third-order valence-corrected chi connectivity index (χ3v) is 2.94. The zero-order valence-corrected chi connectivity index (χ0v) is 11.4. The molecule has 0 radical (unpaired) electrons. The predicted molar refractivity (Wildman–Crippen MR) is 76.1 cm³/mol. The van der Waals surface area contributed by atoms with Crippen LogP contribution in [-0.2, 0) is 13.5 Å². The molecule has 1 heterocycles. The van der Waals surface area contributed by atoms with Crippen LogP contribution in [0.3, 0.4) is 0 Å². The molecule has 100 valence electrons. The molecule has 0 saturated heterocycles. The number of aromatic nitrogens is 2. The maximum Gasteiger partial charge on any atom is 0.259 e. The van der Waals surface area contributed by atoms with Crippen LogP contribution in [-0.4, -0.2) is 15.7 Å². The SMILES string of the molecule is CCc1nn(C)cc1C(=O)Nc1ccc(C)cc1N. The smallest absolute Gasteiger partial charge is 0.259 e. The van der Waals surface area contributed by atoms with Gasteiger partial charge in [-0.25, -0.2) is 0 Å². The predicted octanol–water partition coefficient (Wildman–Crippen LogP) is 2.13. The number of nitrogens with two attached hydrogens (primary N) is 1. The fourth-order valence-corrected chi connectivity index (χ4v) is 1.97. The first-order valence-corrected chi connectivity index (χ1v) is 6.21. The van der Waals surface area contributed by atoms with Crippen LogP contribution in [0.1, 0.15) is 28.5 Å². The van der Waals surface area contributed by atoms with Gasteiger partial charge in [0.25, 0.3) is 5.91 Å². The van der Waals surface area contributed by atoms with Crippen LogP contribution < -0.4 is 11.1 Å². The van der Waals surface area contributed by atoms with E-state index in [1.54, 1.807) is 17.9 Å². The second-order valence-corrected chi connectivity index (χ2v) is 4.56. The summed E-state index contributed by atoms with van der Waals surface area (Å²) in [5, 5.41) is 7.08. The van der Waals surface area contributed by atoms with E-state index in [4.69, 9.17) is 5.73 Å². The molecule has 0 saturated carbocycles. The fourth-order valence-electron chi connectivity index (χ4n) is 1.97. The number of rotatable bonds is 3. The molecule has 0 aliphatic carbocycles. The minimum absolute atomic E-state index is 0.180. The van der Waals surface area contributed by atoms with Gasteiger partial charge in [0.1, 0.15) is 0 Å². The van der Waals surface area contributed by atoms with Crippen molar-refractivity contribution >= 4 is 17.3 Å². The third kappa shape index (κ3) is 2.76. The number of hydrogen-bond donors (Lipinski definition) is 2. The summed E-state index contributed by atoms with van der Waals surface area (Å²) in [6, 6.07) is 5.56. The molecule has 2 rings (SSSR count). The maximum atomic E-state index is 12.2. The summed E-state index contributed by atoms with van der Waals surface area (Å²) in [4.78, 5) is 12.2. The fraction of sp³-hybridized carbons (Fsp3) is 0.286. The van der Waals surface area contributed by atoms with Crippen LogP contribution in [0.15, 0.2) is 24.4 Å². The van der Waals surface area contributed by atoms with Gasteiger partial charge in [0.15, 0.2) is 0 Å². The number of carbonyl (C=O) groups excluding carboxylic acids is 1. The first-order chi connectivity index (χ1) is 9.01. The van der Waals surface area contributed by atoms with Crippen molar-refractivity contribution in [1.29, 1.82) is 0 Å². The van der Waals surface area contributed by atoms with Crippen LogP contribution in [0.4, 0.5) is 11.4 Å².